The van der Waals surface area contributed by atoms with Crippen LogP contribution in [0.3, 0.4) is 0 Å². The van der Waals surface area contributed by atoms with Crippen LogP contribution in [0.4, 0.5) is 23.7 Å². The number of benzene rings is 1. The summed E-state index contributed by atoms with van der Waals surface area (Å²) in [5.74, 6) is -1.32. The maximum absolute atomic E-state index is 13.0. The first kappa shape index (κ1) is 20.7. The number of hydrogen-bond donors (Lipinski definition) is 3. The Labute approximate surface area is 154 Å². The van der Waals surface area contributed by atoms with Crippen molar-refractivity contribution >= 4 is 23.5 Å². The van der Waals surface area contributed by atoms with Crippen LogP contribution in [0.5, 0.6) is 0 Å². The van der Waals surface area contributed by atoms with Gasteiger partial charge in [0.25, 0.3) is 5.91 Å². The van der Waals surface area contributed by atoms with Gasteiger partial charge in [0.05, 0.1) is 5.56 Å². The molecule has 1 heterocycles. The summed E-state index contributed by atoms with van der Waals surface area (Å²) >= 11 is 0. The highest BCUT2D eigenvalue weighted by Crippen LogP contribution is 2.32. The number of nitrogens with two attached hydrogens (primary N) is 1. The highest BCUT2D eigenvalue weighted by molar-refractivity contribution is 6.10. The van der Waals surface area contributed by atoms with Crippen LogP contribution in [0.1, 0.15) is 37.8 Å². The van der Waals surface area contributed by atoms with Crippen LogP contribution in [0.2, 0.25) is 0 Å². The Bertz CT molecular complexity index is 760. The summed E-state index contributed by atoms with van der Waals surface area (Å²) in [6.45, 7) is 2.74. The third kappa shape index (κ3) is 4.21. The van der Waals surface area contributed by atoms with Gasteiger partial charge >= 0.3 is 12.2 Å². The molecule has 2 rings (SSSR count). The first-order valence-corrected chi connectivity index (χ1v) is 8.41. The molecule has 27 heavy (non-hydrogen) atoms. The van der Waals surface area contributed by atoms with Gasteiger partial charge in [-0.15, -0.1) is 0 Å². The van der Waals surface area contributed by atoms with E-state index in [1.807, 2.05) is 0 Å². The van der Waals surface area contributed by atoms with E-state index in [2.05, 4.69) is 10.6 Å². The normalized spacial score (nSPS) is 16.4. The largest absolute Gasteiger partial charge is 0.416 e. The minimum atomic E-state index is -4.60. The minimum Gasteiger partial charge on any atom is -0.326 e. The molecule has 0 bridgehead atoms. The summed E-state index contributed by atoms with van der Waals surface area (Å²) in [5.41, 5.74) is 3.47. The van der Waals surface area contributed by atoms with E-state index in [-0.39, 0.29) is 17.8 Å². The van der Waals surface area contributed by atoms with E-state index in [1.54, 1.807) is 13.8 Å². The first-order chi connectivity index (χ1) is 12.6. The van der Waals surface area contributed by atoms with Gasteiger partial charge in [-0.25, -0.2) is 4.79 Å². The Morgan fingerprint density at radius 2 is 1.85 bits per heavy atom. The molecular formula is C17H21F3N4O3. The zero-order chi connectivity index (χ0) is 20.4. The molecule has 1 saturated heterocycles. The summed E-state index contributed by atoms with van der Waals surface area (Å²) in [6, 6.07) is 2.27. The van der Waals surface area contributed by atoms with Crippen molar-refractivity contribution in [1.29, 1.82) is 0 Å². The second-order valence-corrected chi connectivity index (χ2v) is 6.28. The van der Waals surface area contributed by atoms with Gasteiger partial charge in [-0.3, -0.25) is 14.5 Å². The Hall–Kier alpha value is -2.62. The van der Waals surface area contributed by atoms with Crippen molar-refractivity contribution in [1.82, 2.24) is 10.2 Å². The highest BCUT2D eigenvalue weighted by atomic mass is 19.4. The fourth-order valence-electron chi connectivity index (χ4n) is 2.94. The number of anilines is 1. The number of amides is 4. The smallest absolute Gasteiger partial charge is 0.326 e. The Balaban J connectivity index is 2.17. The molecule has 7 nitrogen and oxygen atoms in total. The number of carbonyl (C=O) groups excluding carboxylic acids is 3. The highest BCUT2D eigenvalue weighted by Gasteiger charge is 2.49. The molecule has 1 aliphatic rings. The summed E-state index contributed by atoms with van der Waals surface area (Å²) < 4.78 is 38.9. The summed E-state index contributed by atoms with van der Waals surface area (Å²) in [5, 5.41) is 4.87. The first-order valence-electron chi connectivity index (χ1n) is 8.41. The van der Waals surface area contributed by atoms with E-state index >= 15 is 0 Å². The van der Waals surface area contributed by atoms with E-state index < -0.39 is 41.7 Å². The van der Waals surface area contributed by atoms with Gasteiger partial charge in [0.15, 0.2) is 0 Å². The van der Waals surface area contributed by atoms with E-state index in [1.165, 1.54) is 6.07 Å². The van der Waals surface area contributed by atoms with Crippen molar-refractivity contribution in [3.05, 3.63) is 29.3 Å². The maximum atomic E-state index is 13.0. The summed E-state index contributed by atoms with van der Waals surface area (Å²) in [4.78, 5) is 37.5. The third-order valence-corrected chi connectivity index (χ3v) is 4.59. The SMILES string of the molecule is CCC1(CC)NC(=O)N(CC(=O)Nc2cc(CN)cc(C(F)(F)F)c2)C1=O. The molecule has 1 fully saturated rings. The van der Waals surface area contributed by atoms with E-state index in [0.29, 0.717) is 12.8 Å². The zero-order valence-corrected chi connectivity index (χ0v) is 14.9. The Morgan fingerprint density at radius 1 is 1.22 bits per heavy atom. The Kier molecular flexibility index (Phi) is 5.79. The molecule has 0 unspecified atom stereocenters. The predicted octanol–water partition coefficient (Wildman–Crippen LogP) is 2.21. The average Bonchev–Trinajstić information content (AvgIpc) is 2.85. The van der Waals surface area contributed by atoms with Crippen molar-refractivity contribution in [3.8, 4) is 0 Å². The molecule has 0 aliphatic carbocycles. The monoisotopic (exact) mass is 386 g/mol. The molecule has 148 valence electrons. The van der Waals surface area contributed by atoms with Crippen molar-refractivity contribution in [3.63, 3.8) is 0 Å². The van der Waals surface area contributed by atoms with Crippen LogP contribution >= 0.6 is 0 Å². The third-order valence-electron chi connectivity index (χ3n) is 4.59. The molecule has 4 amide bonds. The lowest BCUT2D eigenvalue weighted by atomic mass is 9.93. The number of carbonyl (C=O) groups is 3. The van der Waals surface area contributed by atoms with Gasteiger partial charge in [0.2, 0.25) is 5.91 Å². The van der Waals surface area contributed by atoms with Gasteiger partial charge in [-0.2, -0.15) is 13.2 Å². The Morgan fingerprint density at radius 3 is 2.33 bits per heavy atom. The maximum Gasteiger partial charge on any atom is 0.416 e. The molecule has 10 heteroatoms. The van der Waals surface area contributed by atoms with Crippen molar-refractivity contribution in [2.24, 2.45) is 5.73 Å². The molecule has 0 saturated carbocycles. The van der Waals surface area contributed by atoms with Gasteiger partial charge in [-0.1, -0.05) is 13.8 Å². The number of alkyl halides is 3. The molecule has 0 atom stereocenters. The number of nitrogens with zero attached hydrogens (tertiary/aromatic N) is 1. The van der Waals surface area contributed by atoms with Gasteiger partial charge in [0, 0.05) is 12.2 Å². The second-order valence-electron chi connectivity index (χ2n) is 6.28. The van der Waals surface area contributed by atoms with Crippen molar-refractivity contribution in [2.45, 2.75) is 44.9 Å². The van der Waals surface area contributed by atoms with Crippen molar-refractivity contribution in [2.75, 3.05) is 11.9 Å². The molecule has 4 N–H and O–H groups in total. The van der Waals surface area contributed by atoms with Crippen molar-refractivity contribution < 1.29 is 27.6 Å². The minimum absolute atomic E-state index is 0.112. The zero-order valence-electron chi connectivity index (χ0n) is 14.9. The van der Waals surface area contributed by atoms with Gasteiger partial charge in [-0.05, 0) is 36.6 Å². The van der Waals surface area contributed by atoms with E-state index in [0.717, 1.165) is 17.0 Å². The second kappa shape index (κ2) is 7.55. The van der Waals surface area contributed by atoms with Crippen LogP contribution in [0.25, 0.3) is 0 Å². The lowest BCUT2D eigenvalue weighted by Crippen LogP contribution is -2.46. The fourth-order valence-corrected chi connectivity index (χ4v) is 2.94. The lowest BCUT2D eigenvalue weighted by Gasteiger charge is -2.23. The van der Waals surface area contributed by atoms with E-state index in [4.69, 9.17) is 5.73 Å². The molecule has 0 radical (unpaired) electrons. The van der Waals surface area contributed by atoms with Crippen LogP contribution < -0.4 is 16.4 Å². The summed E-state index contributed by atoms with van der Waals surface area (Å²) in [6.07, 6.45) is -3.88. The average molecular weight is 386 g/mol. The molecule has 1 aromatic rings. The molecular weight excluding hydrogens is 365 g/mol. The topological polar surface area (TPSA) is 105 Å². The van der Waals surface area contributed by atoms with Gasteiger partial charge in [0.1, 0.15) is 12.1 Å². The predicted molar refractivity (Wildman–Crippen MR) is 91.5 cm³/mol. The molecule has 1 aliphatic heterocycles. The van der Waals surface area contributed by atoms with Crippen LogP contribution in [0, 0.1) is 0 Å². The van der Waals surface area contributed by atoms with E-state index in [9.17, 15) is 27.6 Å². The molecule has 0 spiro atoms. The van der Waals surface area contributed by atoms with Crippen LogP contribution in [0.15, 0.2) is 18.2 Å². The van der Waals surface area contributed by atoms with Gasteiger partial charge < -0.3 is 16.4 Å². The molecule has 0 aromatic heterocycles. The lowest BCUT2D eigenvalue weighted by molar-refractivity contribution is -0.137. The number of urea groups is 1. The number of rotatable bonds is 6. The number of halogens is 3. The number of nitrogens with one attached hydrogen (secondary N) is 2. The standard InChI is InChI=1S/C17H21F3N4O3/c1-3-16(4-2)14(26)24(15(27)23-16)9-13(25)22-12-6-10(8-21)5-11(7-12)17(18,19)20/h5-7H,3-4,8-9,21H2,1-2H3,(H,22,25)(H,23,27). The van der Waals surface area contributed by atoms with Crippen LogP contribution in [-0.2, 0) is 22.3 Å². The quantitative estimate of drug-likeness (QED) is 0.652. The number of hydrogen-bond acceptors (Lipinski definition) is 4. The fraction of sp³-hybridized carbons (Fsp3) is 0.471. The summed E-state index contributed by atoms with van der Waals surface area (Å²) in [7, 11) is 0. The number of imide groups is 1. The molecule has 1 aromatic carbocycles. The van der Waals surface area contributed by atoms with Crippen LogP contribution in [-0.4, -0.2) is 34.8 Å².